The van der Waals surface area contributed by atoms with Crippen molar-refractivity contribution in [2.45, 2.75) is 39.2 Å². The molecule has 22 heavy (non-hydrogen) atoms. The molecule has 6 nitrogen and oxygen atoms in total. The Balaban J connectivity index is 1.79. The summed E-state index contributed by atoms with van der Waals surface area (Å²) in [7, 11) is 0. The Morgan fingerprint density at radius 1 is 1.32 bits per heavy atom. The van der Waals surface area contributed by atoms with Gasteiger partial charge in [0.25, 0.3) is 0 Å². The molecular formula is C16H19NO5. The summed E-state index contributed by atoms with van der Waals surface area (Å²) in [5.41, 5.74) is 1.79. The molecule has 0 fully saturated rings. The van der Waals surface area contributed by atoms with Gasteiger partial charge in [0, 0.05) is 17.7 Å². The molecule has 0 spiro atoms. The minimum atomic E-state index is -0.384. The van der Waals surface area contributed by atoms with Crippen LogP contribution >= 0.6 is 0 Å². The first-order valence-electron chi connectivity index (χ1n) is 7.35. The number of rotatable bonds is 7. The molecule has 1 amide bonds. The third-order valence-corrected chi connectivity index (χ3v) is 3.29. The summed E-state index contributed by atoms with van der Waals surface area (Å²) < 4.78 is 9.87. The third kappa shape index (κ3) is 4.31. The van der Waals surface area contributed by atoms with Gasteiger partial charge < -0.3 is 14.8 Å². The van der Waals surface area contributed by atoms with Crippen molar-refractivity contribution in [3.63, 3.8) is 0 Å². The topological polar surface area (TPSA) is 81.7 Å². The van der Waals surface area contributed by atoms with E-state index in [0.717, 1.165) is 18.4 Å². The van der Waals surface area contributed by atoms with E-state index in [1.165, 1.54) is 0 Å². The zero-order valence-corrected chi connectivity index (χ0v) is 12.5. The number of amides is 1. The number of esters is 2. The average Bonchev–Trinajstić information content (AvgIpc) is 2.87. The molecule has 1 aromatic carbocycles. The SMILES string of the molecule is CCCCOC(=O)CCC(=O)Nc1ccc2c(c1)C(=O)OC2. The first kappa shape index (κ1) is 16.0. The summed E-state index contributed by atoms with van der Waals surface area (Å²) >= 11 is 0. The van der Waals surface area contributed by atoms with Crippen LogP contribution in [0, 0.1) is 0 Å². The van der Waals surface area contributed by atoms with E-state index in [1.54, 1.807) is 18.2 Å². The highest BCUT2D eigenvalue weighted by molar-refractivity contribution is 5.97. The van der Waals surface area contributed by atoms with Gasteiger partial charge in [0.1, 0.15) is 6.61 Å². The highest BCUT2D eigenvalue weighted by Gasteiger charge is 2.21. The molecule has 1 aliphatic rings. The van der Waals surface area contributed by atoms with Crippen molar-refractivity contribution >= 4 is 23.5 Å². The number of fused-ring (bicyclic) bond motifs is 1. The Kier molecular flexibility index (Phi) is 5.52. The quantitative estimate of drug-likeness (QED) is 0.618. The van der Waals surface area contributed by atoms with Crippen LogP contribution in [0.15, 0.2) is 18.2 Å². The maximum Gasteiger partial charge on any atom is 0.338 e. The summed E-state index contributed by atoms with van der Waals surface area (Å²) in [6, 6.07) is 5.04. The zero-order chi connectivity index (χ0) is 15.9. The summed E-state index contributed by atoms with van der Waals surface area (Å²) in [5, 5.41) is 2.66. The Hall–Kier alpha value is -2.37. The molecule has 0 aliphatic carbocycles. The third-order valence-electron chi connectivity index (χ3n) is 3.29. The van der Waals surface area contributed by atoms with Gasteiger partial charge in [0.05, 0.1) is 18.6 Å². The number of carbonyl (C=O) groups is 3. The number of nitrogens with one attached hydrogen (secondary N) is 1. The Labute approximate surface area is 128 Å². The molecule has 2 rings (SSSR count). The van der Waals surface area contributed by atoms with Crippen LogP contribution in [0.5, 0.6) is 0 Å². The molecule has 0 saturated heterocycles. The van der Waals surface area contributed by atoms with Crippen LogP contribution in [0.1, 0.15) is 48.5 Å². The van der Waals surface area contributed by atoms with Crippen LogP contribution in [0.25, 0.3) is 0 Å². The van der Waals surface area contributed by atoms with Crippen molar-refractivity contribution in [1.82, 2.24) is 0 Å². The molecule has 1 N–H and O–H groups in total. The van der Waals surface area contributed by atoms with Gasteiger partial charge in [-0.1, -0.05) is 19.4 Å². The van der Waals surface area contributed by atoms with Gasteiger partial charge in [0.2, 0.25) is 5.91 Å². The Morgan fingerprint density at radius 3 is 2.91 bits per heavy atom. The van der Waals surface area contributed by atoms with Gasteiger partial charge in [-0.05, 0) is 18.6 Å². The number of hydrogen-bond acceptors (Lipinski definition) is 5. The fourth-order valence-corrected chi connectivity index (χ4v) is 2.03. The van der Waals surface area contributed by atoms with Gasteiger partial charge in [0.15, 0.2) is 0 Å². The molecule has 0 atom stereocenters. The maximum absolute atomic E-state index is 11.8. The minimum absolute atomic E-state index is 0.0442. The van der Waals surface area contributed by atoms with Gasteiger partial charge in [-0.25, -0.2) is 4.79 Å². The van der Waals surface area contributed by atoms with Crippen LogP contribution in [-0.4, -0.2) is 24.5 Å². The zero-order valence-electron chi connectivity index (χ0n) is 12.5. The number of hydrogen-bond donors (Lipinski definition) is 1. The van der Waals surface area contributed by atoms with E-state index in [9.17, 15) is 14.4 Å². The molecule has 0 saturated carbocycles. The maximum atomic E-state index is 11.8. The van der Waals surface area contributed by atoms with Crippen LogP contribution in [0.4, 0.5) is 5.69 Å². The van der Waals surface area contributed by atoms with E-state index >= 15 is 0 Å². The highest BCUT2D eigenvalue weighted by atomic mass is 16.5. The summed E-state index contributed by atoms with van der Waals surface area (Å²) in [6.45, 7) is 2.67. The van der Waals surface area contributed by atoms with Crippen LogP contribution in [0.2, 0.25) is 0 Å². The predicted octanol–water partition coefficient (Wildman–Crippen LogP) is 2.42. The lowest BCUT2D eigenvalue weighted by Gasteiger charge is -2.06. The largest absolute Gasteiger partial charge is 0.466 e. The lowest BCUT2D eigenvalue weighted by molar-refractivity contribution is -0.144. The fraction of sp³-hybridized carbons (Fsp3) is 0.438. The molecule has 6 heteroatoms. The lowest BCUT2D eigenvalue weighted by atomic mass is 10.1. The van der Waals surface area contributed by atoms with Gasteiger partial charge in [-0.3, -0.25) is 9.59 Å². The lowest BCUT2D eigenvalue weighted by Crippen LogP contribution is -2.15. The molecule has 0 aromatic heterocycles. The van der Waals surface area contributed by atoms with Crippen LogP contribution in [-0.2, 0) is 25.7 Å². The molecule has 1 aliphatic heterocycles. The number of ether oxygens (including phenoxy) is 2. The van der Waals surface area contributed by atoms with Crippen molar-refractivity contribution in [2.75, 3.05) is 11.9 Å². The van der Waals surface area contributed by atoms with Crippen molar-refractivity contribution in [3.8, 4) is 0 Å². The summed E-state index contributed by atoms with van der Waals surface area (Å²) in [4.78, 5) is 34.6. The predicted molar refractivity (Wildman–Crippen MR) is 79.3 cm³/mol. The second-order valence-electron chi connectivity index (χ2n) is 5.07. The van der Waals surface area contributed by atoms with E-state index < -0.39 is 0 Å². The van der Waals surface area contributed by atoms with Crippen molar-refractivity contribution < 1.29 is 23.9 Å². The van der Waals surface area contributed by atoms with Gasteiger partial charge >= 0.3 is 11.9 Å². The standard InChI is InChI=1S/C16H19NO5/c1-2-3-8-21-15(19)7-6-14(18)17-12-5-4-11-10-22-16(20)13(11)9-12/h4-5,9H,2-3,6-8,10H2,1H3,(H,17,18). The first-order valence-corrected chi connectivity index (χ1v) is 7.35. The Morgan fingerprint density at radius 2 is 2.14 bits per heavy atom. The second kappa shape index (κ2) is 7.59. The monoisotopic (exact) mass is 305 g/mol. The van der Waals surface area contributed by atoms with E-state index in [0.29, 0.717) is 17.9 Å². The van der Waals surface area contributed by atoms with E-state index in [4.69, 9.17) is 9.47 Å². The summed E-state index contributed by atoms with van der Waals surface area (Å²) in [6.07, 6.45) is 1.87. The van der Waals surface area contributed by atoms with Crippen molar-refractivity contribution in [3.05, 3.63) is 29.3 Å². The molecule has 0 unspecified atom stereocenters. The minimum Gasteiger partial charge on any atom is -0.466 e. The Bertz CT molecular complexity index is 582. The van der Waals surface area contributed by atoms with Crippen LogP contribution in [0.3, 0.4) is 0 Å². The number of anilines is 1. The number of unbranched alkanes of at least 4 members (excludes halogenated alkanes) is 1. The van der Waals surface area contributed by atoms with Crippen molar-refractivity contribution in [2.24, 2.45) is 0 Å². The molecule has 0 radical (unpaired) electrons. The molecule has 0 bridgehead atoms. The number of cyclic esters (lactones) is 1. The normalized spacial score (nSPS) is 12.5. The highest BCUT2D eigenvalue weighted by Crippen LogP contribution is 2.23. The van der Waals surface area contributed by atoms with Gasteiger partial charge in [-0.2, -0.15) is 0 Å². The molecule has 1 heterocycles. The van der Waals surface area contributed by atoms with E-state index in [-0.39, 0.29) is 37.3 Å². The molecule has 118 valence electrons. The van der Waals surface area contributed by atoms with E-state index in [2.05, 4.69) is 5.32 Å². The smallest absolute Gasteiger partial charge is 0.338 e. The molecule has 1 aromatic rings. The second-order valence-corrected chi connectivity index (χ2v) is 5.07. The number of benzene rings is 1. The number of carbonyl (C=O) groups excluding carboxylic acids is 3. The average molecular weight is 305 g/mol. The summed E-state index contributed by atoms with van der Waals surface area (Å²) in [5.74, 6) is -1.05. The van der Waals surface area contributed by atoms with E-state index in [1.807, 2.05) is 6.92 Å². The van der Waals surface area contributed by atoms with Gasteiger partial charge in [-0.15, -0.1) is 0 Å². The molecular weight excluding hydrogens is 286 g/mol. The first-order chi connectivity index (χ1) is 10.6. The fourth-order valence-electron chi connectivity index (χ4n) is 2.03. The van der Waals surface area contributed by atoms with Crippen LogP contribution < -0.4 is 5.32 Å². The van der Waals surface area contributed by atoms with Crippen molar-refractivity contribution in [1.29, 1.82) is 0 Å².